The number of aryl methyl sites for hydroxylation is 1. The number of imidazole rings is 1. The highest BCUT2D eigenvalue weighted by Crippen LogP contribution is 2.16. The molecule has 0 aromatic carbocycles. The molecule has 1 saturated heterocycles. The molecule has 0 spiro atoms. The number of carbonyl (C=O) groups excluding carboxylic acids is 1. The minimum Gasteiger partial charge on any atom is -0.373 e. The first-order chi connectivity index (χ1) is 9.27. The summed E-state index contributed by atoms with van der Waals surface area (Å²) in [6.45, 7) is 1.60. The van der Waals surface area contributed by atoms with Crippen LogP contribution in [0.5, 0.6) is 0 Å². The molecule has 1 fully saturated rings. The van der Waals surface area contributed by atoms with Gasteiger partial charge in [-0.25, -0.2) is 4.98 Å². The minimum atomic E-state index is -0.590. The number of aliphatic hydroxyl groups is 1. The molecule has 1 atom stereocenters. The molecule has 1 aromatic heterocycles. The van der Waals surface area contributed by atoms with E-state index < -0.39 is 6.23 Å². The fourth-order valence-electron chi connectivity index (χ4n) is 2.14. The fraction of sp³-hybridized carbons (Fsp3) is 0.692. The molecule has 0 aliphatic carbocycles. The minimum absolute atomic E-state index is 0.0868. The Morgan fingerprint density at radius 2 is 2.37 bits per heavy atom. The molecule has 1 amide bonds. The van der Waals surface area contributed by atoms with Gasteiger partial charge < -0.3 is 14.6 Å². The molecule has 2 heterocycles. The summed E-state index contributed by atoms with van der Waals surface area (Å²) in [4.78, 5) is 17.4. The van der Waals surface area contributed by atoms with Crippen molar-refractivity contribution in [2.45, 2.75) is 38.5 Å². The van der Waals surface area contributed by atoms with Crippen LogP contribution in [0.2, 0.25) is 0 Å². The number of hydrogen-bond donors (Lipinski definition) is 1. The zero-order valence-electron chi connectivity index (χ0n) is 11.0. The number of unbranched alkanes of at least 4 members (excludes halogenated alkanes) is 2. The highest BCUT2D eigenvalue weighted by molar-refractivity contribution is 7.99. The average Bonchev–Trinajstić information content (AvgIpc) is 2.92. The Bertz CT molecular complexity index is 383. The molecule has 19 heavy (non-hydrogen) atoms. The largest absolute Gasteiger partial charge is 0.373 e. The van der Waals surface area contributed by atoms with Gasteiger partial charge in [-0.1, -0.05) is 6.42 Å². The van der Waals surface area contributed by atoms with Crippen molar-refractivity contribution < 1.29 is 9.90 Å². The van der Waals surface area contributed by atoms with Crippen LogP contribution in [-0.2, 0) is 11.3 Å². The van der Waals surface area contributed by atoms with E-state index in [4.69, 9.17) is 0 Å². The van der Waals surface area contributed by atoms with Gasteiger partial charge in [0.25, 0.3) is 0 Å². The topological polar surface area (TPSA) is 58.4 Å². The number of carbonyl (C=O) groups is 1. The summed E-state index contributed by atoms with van der Waals surface area (Å²) >= 11 is 1.70. The van der Waals surface area contributed by atoms with Gasteiger partial charge in [0, 0.05) is 37.2 Å². The summed E-state index contributed by atoms with van der Waals surface area (Å²) in [5, 5.41) is 9.74. The third-order valence-electron chi connectivity index (χ3n) is 3.23. The molecule has 0 saturated carbocycles. The van der Waals surface area contributed by atoms with Gasteiger partial charge in [0.2, 0.25) is 5.91 Å². The SMILES string of the molecule is O=C(CCCCCn1c[c]nc1)N1CCSCC1O. The molecule has 1 unspecified atom stereocenters. The van der Waals surface area contributed by atoms with Gasteiger partial charge >= 0.3 is 0 Å². The second-order valence-corrected chi connectivity index (χ2v) is 5.84. The molecule has 2 rings (SSSR count). The number of hydrogen-bond acceptors (Lipinski definition) is 4. The van der Waals surface area contributed by atoms with Crippen molar-refractivity contribution in [2.75, 3.05) is 18.1 Å². The second-order valence-electron chi connectivity index (χ2n) is 4.69. The molecule has 1 radical (unpaired) electrons. The zero-order valence-corrected chi connectivity index (χ0v) is 11.8. The molecule has 105 valence electrons. The predicted molar refractivity (Wildman–Crippen MR) is 74.6 cm³/mol. The lowest BCUT2D eigenvalue weighted by atomic mass is 10.1. The maximum atomic E-state index is 11.9. The normalized spacial score (nSPS) is 19.6. The summed E-state index contributed by atoms with van der Waals surface area (Å²) in [7, 11) is 0. The molecule has 1 aromatic rings. The highest BCUT2D eigenvalue weighted by atomic mass is 32.2. The summed E-state index contributed by atoms with van der Waals surface area (Å²) in [6.07, 6.45) is 9.23. The van der Waals surface area contributed by atoms with Crippen LogP contribution < -0.4 is 0 Å². The number of nitrogens with zero attached hydrogens (tertiary/aromatic N) is 3. The van der Waals surface area contributed by atoms with Crippen LogP contribution in [-0.4, -0.2) is 49.7 Å². The van der Waals surface area contributed by atoms with E-state index in [1.54, 1.807) is 23.0 Å². The summed E-state index contributed by atoms with van der Waals surface area (Å²) < 4.78 is 1.99. The average molecular weight is 282 g/mol. The maximum Gasteiger partial charge on any atom is 0.224 e. The molecule has 6 heteroatoms. The second kappa shape index (κ2) is 7.55. The lowest BCUT2D eigenvalue weighted by molar-refractivity contribution is -0.139. The van der Waals surface area contributed by atoms with Crippen LogP contribution in [0.25, 0.3) is 0 Å². The summed E-state index contributed by atoms with van der Waals surface area (Å²) in [6, 6.07) is 0. The van der Waals surface area contributed by atoms with E-state index in [0.29, 0.717) is 18.7 Å². The number of amides is 1. The summed E-state index contributed by atoms with van der Waals surface area (Å²) in [5.41, 5.74) is 0. The molecular formula is C13H20N3O2S. The number of aliphatic hydroxyl groups excluding tert-OH is 1. The van der Waals surface area contributed by atoms with Crippen LogP contribution >= 0.6 is 11.8 Å². The third kappa shape index (κ3) is 4.54. The molecular weight excluding hydrogens is 262 g/mol. The molecule has 1 aliphatic rings. The predicted octanol–water partition coefficient (Wildman–Crippen LogP) is 1.14. The Hall–Kier alpha value is -1.01. The monoisotopic (exact) mass is 282 g/mol. The van der Waals surface area contributed by atoms with E-state index in [9.17, 15) is 9.90 Å². The van der Waals surface area contributed by atoms with E-state index in [1.807, 2.05) is 10.8 Å². The van der Waals surface area contributed by atoms with Crippen molar-refractivity contribution in [3.05, 3.63) is 18.7 Å². The lowest BCUT2D eigenvalue weighted by Gasteiger charge is -2.31. The molecule has 0 bridgehead atoms. The zero-order chi connectivity index (χ0) is 13.5. The van der Waals surface area contributed by atoms with Gasteiger partial charge in [0.15, 0.2) is 0 Å². The van der Waals surface area contributed by atoms with Gasteiger partial charge in [-0.15, -0.1) is 0 Å². The lowest BCUT2D eigenvalue weighted by Crippen LogP contribution is -2.45. The van der Waals surface area contributed by atoms with Gasteiger partial charge in [-0.3, -0.25) is 4.79 Å². The van der Waals surface area contributed by atoms with Crippen molar-refractivity contribution in [2.24, 2.45) is 0 Å². The van der Waals surface area contributed by atoms with Gasteiger partial charge in [-0.05, 0) is 12.8 Å². The fourth-order valence-corrected chi connectivity index (χ4v) is 3.03. The van der Waals surface area contributed by atoms with Crippen LogP contribution in [0.1, 0.15) is 25.7 Å². The van der Waals surface area contributed by atoms with Crippen LogP contribution in [0.15, 0.2) is 12.5 Å². The number of rotatable bonds is 6. The first-order valence-corrected chi connectivity index (χ1v) is 7.86. The van der Waals surface area contributed by atoms with Crippen LogP contribution in [0, 0.1) is 6.20 Å². The van der Waals surface area contributed by atoms with E-state index in [0.717, 1.165) is 31.6 Å². The number of thioether (sulfide) groups is 1. The highest BCUT2D eigenvalue weighted by Gasteiger charge is 2.24. The maximum absolute atomic E-state index is 11.9. The van der Waals surface area contributed by atoms with E-state index in [2.05, 4.69) is 11.2 Å². The van der Waals surface area contributed by atoms with E-state index in [1.165, 1.54) is 0 Å². The number of aromatic nitrogens is 2. The standard InChI is InChI=1S/C13H20N3O2S/c17-12(16-8-9-19-10-13(16)18)4-2-1-3-6-15-7-5-14-11-15/h7,11,13,18H,1-4,6,8-10H2. The van der Waals surface area contributed by atoms with Crippen LogP contribution in [0.4, 0.5) is 0 Å². The quantitative estimate of drug-likeness (QED) is 0.795. The Morgan fingerprint density at radius 3 is 3.11 bits per heavy atom. The van der Waals surface area contributed by atoms with Gasteiger partial charge in [0.05, 0.1) is 6.33 Å². The van der Waals surface area contributed by atoms with E-state index in [-0.39, 0.29) is 5.91 Å². The van der Waals surface area contributed by atoms with E-state index >= 15 is 0 Å². The van der Waals surface area contributed by atoms with Crippen molar-refractivity contribution in [3.8, 4) is 0 Å². The van der Waals surface area contributed by atoms with Crippen LogP contribution in [0.3, 0.4) is 0 Å². The first-order valence-electron chi connectivity index (χ1n) is 6.70. The van der Waals surface area contributed by atoms with Gasteiger partial charge in [0.1, 0.15) is 12.4 Å². The third-order valence-corrected chi connectivity index (χ3v) is 4.24. The van der Waals surface area contributed by atoms with Gasteiger partial charge in [-0.2, -0.15) is 11.8 Å². The Kier molecular flexibility index (Phi) is 5.72. The Morgan fingerprint density at radius 1 is 1.47 bits per heavy atom. The van der Waals surface area contributed by atoms with Crippen molar-refractivity contribution in [3.63, 3.8) is 0 Å². The molecule has 1 aliphatic heterocycles. The Labute approximate surface area is 118 Å². The van der Waals surface area contributed by atoms with Crippen molar-refractivity contribution >= 4 is 17.7 Å². The van der Waals surface area contributed by atoms with Crippen molar-refractivity contribution in [1.29, 1.82) is 0 Å². The smallest absolute Gasteiger partial charge is 0.224 e. The van der Waals surface area contributed by atoms with Crippen molar-refractivity contribution in [1.82, 2.24) is 14.5 Å². The summed E-state index contributed by atoms with van der Waals surface area (Å²) in [5.74, 6) is 1.66. The molecule has 5 nitrogen and oxygen atoms in total. The first kappa shape index (κ1) is 14.4. The Balaban J connectivity index is 1.58. The molecule has 1 N–H and O–H groups in total.